The van der Waals surface area contributed by atoms with Gasteiger partial charge >= 0.3 is 0 Å². The number of benzene rings is 1. The molecule has 1 atom stereocenters. The number of carbonyl (C=O) groups excluding carboxylic acids is 2. The van der Waals surface area contributed by atoms with E-state index in [9.17, 15) is 9.59 Å². The van der Waals surface area contributed by atoms with E-state index >= 15 is 0 Å². The maximum Gasteiger partial charge on any atom is 0.228 e. The number of nitrogens with one attached hydrogen (secondary N) is 1. The third-order valence-corrected chi connectivity index (χ3v) is 4.26. The van der Waals surface area contributed by atoms with Gasteiger partial charge in [0, 0.05) is 49.9 Å². The number of carbonyl (C=O) groups is 2. The van der Waals surface area contributed by atoms with Crippen LogP contribution in [0.1, 0.15) is 6.42 Å². The predicted molar refractivity (Wildman–Crippen MR) is 88.6 cm³/mol. The van der Waals surface area contributed by atoms with Crippen molar-refractivity contribution in [2.24, 2.45) is 5.92 Å². The molecule has 2 heterocycles. The second-order valence-corrected chi connectivity index (χ2v) is 5.90. The normalized spacial score (nSPS) is 21.7. The summed E-state index contributed by atoms with van der Waals surface area (Å²) in [7, 11) is 0. The maximum atomic E-state index is 12.5. The molecule has 2 aliphatic rings. The molecule has 7 heteroatoms. The minimum Gasteiger partial charge on any atom is -0.340 e. The molecule has 0 aromatic heterocycles. The molecule has 2 amide bonds. The molecule has 22 heavy (non-hydrogen) atoms. The molecule has 120 valence electrons. The van der Waals surface area contributed by atoms with E-state index in [1.54, 1.807) is 17.0 Å². The zero-order valence-corrected chi connectivity index (χ0v) is 13.7. The second kappa shape index (κ2) is 7.31. The SMILES string of the molecule is Cl.O=C(C1CC(=O)N(c2cccc(Cl)c2)C1)N1CCNCC1. The van der Waals surface area contributed by atoms with Crippen LogP contribution in [0.25, 0.3) is 0 Å². The first-order valence-corrected chi connectivity index (χ1v) is 7.58. The van der Waals surface area contributed by atoms with Crippen molar-refractivity contribution in [1.82, 2.24) is 10.2 Å². The second-order valence-electron chi connectivity index (χ2n) is 5.46. The van der Waals surface area contributed by atoms with Gasteiger partial charge in [0.15, 0.2) is 0 Å². The first kappa shape index (κ1) is 17.1. The molecule has 1 aromatic rings. The highest BCUT2D eigenvalue weighted by Gasteiger charge is 2.37. The lowest BCUT2D eigenvalue weighted by Gasteiger charge is -2.29. The Kier molecular flexibility index (Phi) is 5.67. The van der Waals surface area contributed by atoms with Crippen molar-refractivity contribution < 1.29 is 9.59 Å². The molecule has 1 unspecified atom stereocenters. The molecule has 2 fully saturated rings. The number of halogens is 2. The van der Waals surface area contributed by atoms with Crippen molar-refractivity contribution in [2.75, 3.05) is 37.6 Å². The van der Waals surface area contributed by atoms with Gasteiger partial charge in [0.2, 0.25) is 11.8 Å². The molecule has 1 N–H and O–H groups in total. The molecule has 0 bridgehead atoms. The zero-order chi connectivity index (χ0) is 14.8. The highest BCUT2D eigenvalue weighted by atomic mass is 35.5. The van der Waals surface area contributed by atoms with Gasteiger partial charge in [-0.3, -0.25) is 9.59 Å². The van der Waals surface area contributed by atoms with Gasteiger partial charge in [0.05, 0.1) is 5.92 Å². The van der Waals surface area contributed by atoms with Gasteiger partial charge in [-0.25, -0.2) is 0 Å². The van der Waals surface area contributed by atoms with E-state index in [1.807, 2.05) is 17.0 Å². The summed E-state index contributed by atoms with van der Waals surface area (Å²) in [6, 6.07) is 7.20. The number of rotatable bonds is 2. The molecule has 0 spiro atoms. The summed E-state index contributed by atoms with van der Waals surface area (Å²) in [4.78, 5) is 28.2. The minimum absolute atomic E-state index is 0. The van der Waals surface area contributed by atoms with Crippen LogP contribution in [0, 0.1) is 5.92 Å². The Morgan fingerprint density at radius 3 is 2.68 bits per heavy atom. The van der Waals surface area contributed by atoms with Crippen molar-refractivity contribution in [1.29, 1.82) is 0 Å². The number of hydrogen-bond donors (Lipinski definition) is 1. The van der Waals surface area contributed by atoms with Crippen molar-refractivity contribution in [3.63, 3.8) is 0 Å². The summed E-state index contributed by atoms with van der Waals surface area (Å²) in [6.45, 7) is 3.54. The fourth-order valence-corrected chi connectivity index (χ4v) is 3.09. The predicted octanol–water partition coefficient (Wildman–Crippen LogP) is 1.55. The fourth-order valence-electron chi connectivity index (χ4n) is 2.91. The largest absolute Gasteiger partial charge is 0.340 e. The Labute approximate surface area is 141 Å². The number of amides is 2. The highest BCUT2D eigenvalue weighted by molar-refractivity contribution is 6.30. The fraction of sp³-hybridized carbons (Fsp3) is 0.467. The lowest BCUT2D eigenvalue weighted by atomic mass is 10.1. The van der Waals surface area contributed by atoms with Gasteiger partial charge in [-0.15, -0.1) is 12.4 Å². The van der Waals surface area contributed by atoms with Crippen LogP contribution in [0.5, 0.6) is 0 Å². The van der Waals surface area contributed by atoms with Crippen molar-refractivity contribution in [3.05, 3.63) is 29.3 Å². The van der Waals surface area contributed by atoms with Gasteiger partial charge in [-0.1, -0.05) is 17.7 Å². The zero-order valence-electron chi connectivity index (χ0n) is 12.1. The molecule has 3 rings (SSSR count). The van der Waals surface area contributed by atoms with Crippen LogP contribution in [-0.4, -0.2) is 49.4 Å². The van der Waals surface area contributed by atoms with Crippen molar-refractivity contribution in [3.8, 4) is 0 Å². The van der Waals surface area contributed by atoms with Crippen molar-refractivity contribution >= 4 is 41.5 Å². The summed E-state index contributed by atoms with van der Waals surface area (Å²) in [5.41, 5.74) is 0.767. The van der Waals surface area contributed by atoms with E-state index < -0.39 is 0 Å². The van der Waals surface area contributed by atoms with Crippen LogP contribution >= 0.6 is 24.0 Å². The molecular formula is C15H19Cl2N3O2. The maximum absolute atomic E-state index is 12.5. The first-order valence-electron chi connectivity index (χ1n) is 7.20. The third-order valence-electron chi connectivity index (χ3n) is 4.02. The smallest absolute Gasteiger partial charge is 0.228 e. The Balaban J connectivity index is 0.00000176. The number of anilines is 1. The minimum atomic E-state index is -0.241. The molecule has 2 aliphatic heterocycles. The molecule has 0 aliphatic carbocycles. The van der Waals surface area contributed by atoms with Gasteiger partial charge in [0.25, 0.3) is 0 Å². The molecular weight excluding hydrogens is 325 g/mol. The van der Waals surface area contributed by atoms with E-state index in [-0.39, 0.29) is 36.6 Å². The third kappa shape index (κ3) is 3.54. The number of nitrogens with zero attached hydrogens (tertiary/aromatic N) is 2. The van der Waals surface area contributed by atoms with Crippen LogP contribution in [0.3, 0.4) is 0 Å². The molecule has 5 nitrogen and oxygen atoms in total. The van der Waals surface area contributed by atoms with Crippen LogP contribution in [0.2, 0.25) is 5.02 Å². The van der Waals surface area contributed by atoms with E-state index in [2.05, 4.69) is 5.32 Å². The van der Waals surface area contributed by atoms with E-state index in [1.165, 1.54) is 0 Å². The summed E-state index contributed by atoms with van der Waals surface area (Å²) < 4.78 is 0. The Hall–Kier alpha value is -1.30. The van der Waals surface area contributed by atoms with Crippen molar-refractivity contribution in [2.45, 2.75) is 6.42 Å². The van der Waals surface area contributed by atoms with Crippen LogP contribution < -0.4 is 10.2 Å². The monoisotopic (exact) mass is 343 g/mol. The molecule has 0 radical (unpaired) electrons. The highest BCUT2D eigenvalue weighted by Crippen LogP contribution is 2.28. The topological polar surface area (TPSA) is 52.7 Å². The number of piperazine rings is 1. The Morgan fingerprint density at radius 1 is 1.27 bits per heavy atom. The van der Waals surface area contributed by atoms with Crippen LogP contribution in [0.15, 0.2) is 24.3 Å². The summed E-state index contributed by atoms with van der Waals surface area (Å²) in [6.07, 6.45) is 0.287. The first-order chi connectivity index (χ1) is 10.1. The average Bonchev–Trinajstić information content (AvgIpc) is 2.89. The number of hydrogen-bond acceptors (Lipinski definition) is 3. The summed E-state index contributed by atoms with van der Waals surface area (Å²) in [5.74, 6) is -0.158. The Morgan fingerprint density at radius 2 is 2.00 bits per heavy atom. The van der Waals surface area contributed by atoms with Gasteiger partial charge in [0.1, 0.15) is 0 Å². The van der Waals surface area contributed by atoms with E-state index in [0.29, 0.717) is 11.6 Å². The summed E-state index contributed by atoms with van der Waals surface area (Å²) >= 11 is 5.97. The van der Waals surface area contributed by atoms with Crippen LogP contribution in [-0.2, 0) is 9.59 Å². The van der Waals surface area contributed by atoms with E-state index in [0.717, 1.165) is 31.9 Å². The lowest BCUT2D eigenvalue weighted by molar-refractivity contribution is -0.136. The summed E-state index contributed by atoms with van der Waals surface area (Å²) in [5, 5.41) is 3.82. The molecule has 2 saturated heterocycles. The van der Waals surface area contributed by atoms with E-state index in [4.69, 9.17) is 11.6 Å². The van der Waals surface area contributed by atoms with Gasteiger partial charge in [-0.2, -0.15) is 0 Å². The average molecular weight is 344 g/mol. The lowest BCUT2D eigenvalue weighted by Crippen LogP contribution is -2.48. The quantitative estimate of drug-likeness (QED) is 0.886. The van der Waals surface area contributed by atoms with Gasteiger partial charge in [-0.05, 0) is 18.2 Å². The molecule has 1 aromatic carbocycles. The Bertz CT molecular complexity index is 561. The van der Waals surface area contributed by atoms with Gasteiger partial charge < -0.3 is 15.1 Å². The molecule has 0 saturated carbocycles. The standard InChI is InChI=1S/C15H18ClN3O2.ClH/c16-12-2-1-3-13(9-12)19-10-11(8-14(19)20)15(21)18-6-4-17-5-7-18;/h1-3,9,11,17H,4-8,10H2;1H. The van der Waals surface area contributed by atoms with Crippen LogP contribution in [0.4, 0.5) is 5.69 Å².